The topological polar surface area (TPSA) is 26.3 Å². The molecule has 1 rings (SSSR count). The molecule has 0 aliphatic heterocycles. The molecule has 2 nitrogen and oxygen atoms in total. The summed E-state index contributed by atoms with van der Waals surface area (Å²) in [6.45, 7) is 3.80. The van der Waals surface area contributed by atoms with Gasteiger partial charge in [-0.2, -0.15) is 0 Å². The number of carbonyl (C=O) groups is 1. The standard InChI is InChI=1S/C11H13O2S/c1-2-8-14-11(12)9-13-10-6-4-3-5-7-10/h3-7H,1-2,8-9H2. The second kappa shape index (κ2) is 6.49. The summed E-state index contributed by atoms with van der Waals surface area (Å²) in [7, 11) is 0. The van der Waals surface area contributed by atoms with Crippen LogP contribution in [0.15, 0.2) is 30.3 Å². The van der Waals surface area contributed by atoms with E-state index in [0.29, 0.717) is 0 Å². The Kier molecular flexibility index (Phi) is 5.15. The van der Waals surface area contributed by atoms with E-state index in [1.54, 1.807) is 0 Å². The predicted molar refractivity (Wildman–Crippen MR) is 59.4 cm³/mol. The third-order valence-corrected chi connectivity index (χ3v) is 2.44. The SMILES string of the molecule is [CH2]CCSC(=O)COc1ccccc1. The minimum absolute atomic E-state index is 0.0532. The van der Waals surface area contributed by atoms with Gasteiger partial charge in [-0.05, 0) is 18.6 Å². The van der Waals surface area contributed by atoms with Gasteiger partial charge >= 0.3 is 0 Å². The Bertz CT molecular complexity index is 272. The summed E-state index contributed by atoms with van der Waals surface area (Å²) >= 11 is 1.27. The van der Waals surface area contributed by atoms with Gasteiger partial charge in [-0.25, -0.2) is 0 Å². The minimum Gasteiger partial charge on any atom is -0.485 e. The van der Waals surface area contributed by atoms with Crippen molar-refractivity contribution < 1.29 is 9.53 Å². The van der Waals surface area contributed by atoms with E-state index in [-0.39, 0.29) is 11.7 Å². The molecule has 0 aromatic heterocycles. The molecule has 0 aliphatic rings. The molecule has 0 atom stereocenters. The van der Waals surface area contributed by atoms with Crippen LogP contribution in [0, 0.1) is 6.92 Å². The van der Waals surface area contributed by atoms with E-state index in [4.69, 9.17) is 4.74 Å². The molecule has 0 N–H and O–H groups in total. The summed E-state index contributed by atoms with van der Waals surface area (Å²) < 4.78 is 5.27. The monoisotopic (exact) mass is 209 g/mol. The molecular formula is C11H13O2S. The van der Waals surface area contributed by atoms with Crippen molar-refractivity contribution in [2.24, 2.45) is 0 Å². The number of ether oxygens (including phenoxy) is 1. The van der Waals surface area contributed by atoms with Crippen LogP contribution in [0.25, 0.3) is 0 Å². The first kappa shape index (κ1) is 11.1. The molecule has 1 aromatic carbocycles. The fraction of sp³-hybridized carbons (Fsp3) is 0.273. The van der Waals surface area contributed by atoms with Crippen LogP contribution in [0.3, 0.4) is 0 Å². The number of para-hydroxylation sites is 1. The summed E-state index contributed by atoms with van der Waals surface area (Å²) in [5.41, 5.74) is 0. The highest BCUT2D eigenvalue weighted by Gasteiger charge is 2.02. The molecule has 0 unspecified atom stereocenters. The summed E-state index contributed by atoms with van der Waals surface area (Å²) in [4.78, 5) is 11.2. The molecule has 14 heavy (non-hydrogen) atoms. The van der Waals surface area contributed by atoms with Gasteiger partial charge in [-0.15, -0.1) is 0 Å². The van der Waals surface area contributed by atoms with Crippen LogP contribution in [-0.2, 0) is 4.79 Å². The number of thioether (sulfide) groups is 1. The van der Waals surface area contributed by atoms with Gasteiger partial charge in [0.2, 0.25) is 5.12 Å². The molecule has 0 bridgehead atoms. The molecule has 0 fully saturated rings. The largest absolute Gasteiger partial charge is 0.485 e. The molecule has 0 saturated heterocycles. The lowest BCUT2D eigenvalue weighted by Gasteiger charge is -2.03. The quantitative estimate of drug-likeness (QED) is 0.745. The molecule has 1 radical (unpaired) electrons. The number of carbonyl (C=O) groups excluding carboxylic acids is 1. The Morgan fingerprint density at radius 3 is 2.71 bits per heavy atom. The molecule has 0 amide bonds. The Morgan fingerprint density at radius 1 is 1.36 bits per heavy atom. The summed E-state index contributed by atoms with van der Waals surface area (Å²) in [5.74, 6) is 1.49. The van der Waals surface area contributed by atoms with Crippen molar-refractivity contribution in [3.05, 3.63) is 37.3 Å². The third kappa shape index (κ3) is 4.33. The van der Waals surface area contributed by atoms with Crippen molar-refractivity contribution in [3.63, 3.8) is 0 Å². The fourth-order valence-electron chi connectivity index (χ4n) is 0.887. The minimum atomic E-state index is 0.0532. The van der Waals surface area contributed by atoms with Crippen LogP contribution < -0.4 is 4.74 Å². The van der Waals surface area contributed by atoms with E-state index in [0.717, 1.165) is 17.9 Å². The second-order valence-electron chi connectivity index (χ2n) is 2.68. The van der Waals surface area contributed by atoms with Crippen molar-refractivity contribution in [1.29, 1.82) is 0 Å². The van der Waals surface area contributed by atoms with Gasteiger partial charge in [0.1, 0.15) is 5.75 Å². The normalized spacial score (nSPS) is 9.79. The molecule has 3 heteroatoms. The summed E-state index contributed by atoms with van der Waals surface area (Å²) in [5, 5.41) is 0.0532. The first-order chi connectivity index (χ1) is 6.83. The predicted octanol–water partition coefficient (Wildman–Crippen LogP) is 2.55. The van der Waals surface area contributed by atoms with E-state index in [2.05, 4.69) is 6.92 Å². The van der Waals surface area contributed by atoms with E-state index < -0.39 is 0 Å². The van der Waals surface area contributed by atoms with Crippen LogP contribution in [0.4, 0.5) is 0 Å². The summed E-state index contributed by atoms with van der Waals surface area (Å²) in [6.07, 6.45) is 0.766. The van der Waals surface area contributed by atoms with Crippen LogP contribution in [0.5, 0.6) is 5.75 Å². The summed E-state index contributed by atoms with van der Waals surface area (Å²) in [6, 6.07) is 9.33. The smallest absolute Gasteiger partial charge is 0.226 e. The third-order valence-electron chi connectivity index (χ3n) is 1.51. The van der Waals surface area contributed by atoms with Gasteiger partial charge in [0.25, 0.3) is 0 Å². The molecule has 0 aliphatic carbocycles. The highest BCUT2D eigenvalue weighted by molar-refractivity contribution is 8.13. The Morgan fingerprint density at radius 2 is 2.07 bits per heavy atom. The lowest BCUT2D eigenvalue weighted by atomic mass is 10.3. The number of rotatable bonds is 5. The number of benzene rings is 1. The van der Waals surface area contributed by atoms with E-state index in [1.165, 1.54) is 11.8 Å². The second-order valence-corrected chi connectivity index (χ2v) is 3.83. The number of hydrogen-bond acceptors (Lipinski definition) is 3. The lowest BCUT2D eigenvalue weighted by Crippen LogP contribution is -2.07. The number of hydrogen-bond donors (Lipinski definition) is 0. The molecular weight excluding hydrogens is 196 g/mol. The van der Waals surface area contributed by atoms with E-state index in [1.807, 2.05) is 30.3 Å². The maximum absolute atomic E-state index is 11.2. The average molecular weight is 209 g/mol. The van der Waals surface area contributed by atoms with Crippen molar-refractivity contribution >= 4 is 16.9 Å². The lowest BCUT2D eigenvalue weighted by molar-refractivity contribution is -0.112. The van der Waals surface area contributed by atoms with E-state index >= 15 is 0 Å². The molecule has 1 aromatic rings. The van der Waals surface area contributed by atoms with Gasteiger partial charge in [0, 0.05) is 5.75 Å². The first-order valence-corrected chi connectivity index (χ1v) is 5.44. The molecule has 0 saturated carbocycles. The van der Waals surface area contributed by atoms with Crippen LogP contribution >= 0.6 is 11.8 Å². The van der Waals surface area contributed by atoms with Gasteiger partial charge < -0.3 is 4.74 Å². The van der Waals surface area contributed by atoms with Crippen LogP contribution in [0.2, 0.25) is 0 Å². The maximum Gasteiger partial charge on any atom is 0.226 e. The Balaban J connectivity index is 2.24. The first-order valence-electron chi connectivity index (χ1n) is 4.45. The van der Waals surface area contributed by atoms with E-state index in [9.17, 15) is 4.79 Å². The zero-order valence-corrected chi connectivity index (χ0v) is 8.76. The fourth-order valence-corrected chi connectivity index (χ4v) is 1.40. The van der Waals surface area contributed by atoms with Gasteiger partial charge in [0.05, 0.1) is 0 Å². The Labute approximate surface area is 88.7 Å². The molecule has 0 spiro atoms. The zero-order chi connectivity index (χ0) is 10.2. The van der Waals surface area contributed by atoms with Crippen molar-refractivity contribution in [3.8, 4) is 5.75 Å². The van der Waals surface area contributed by atoms with Crippen LogP contribution in [-0.4, -0.2) is 17.5 Å². The van der Waals surface area contributed by atoms with Gasteiger partial charge in [-0.3, -0.25) is 4.79 Å². The van der Waals surface area contributed by atoms with Gasteiger partial charge in [-0.1, -0.05) is 36.9 Å². The average Bonchev–Trinajstić information content (AvgIpc) is 2.25. The highest BCUT2D eigenvalue weighted by Crippen LogP contribution is 2.10. The van der Waals surface area contributed by atoms with Crippen molar-refractivity contribution in [2.75, 3.05) is 12.4 Å². The maximum atomic E-state index is 11.2. The van der Waals surface area contributed by atoms with Gasteiger partial charge in [0.15, 0.2) is 6.61 Å². The molecule has 75 valence electrons. The Hall–Kier alpha value is -0.960. The van der Waals surface area contributed by atoms with Crippen LogP contribution in [0.1, 0.15) is 6.42 Å². The van der Waals surface area contributed by atoms with Crippen molar-refractivity contribution in [2.45, 2.75) is 6.42 Å². The highest BCUT2D eigenvalue weighted by atomic mass is 32.2. The van der Waals surface area contributed by atoms with Crippen molar-refractivity contribution in [1.82, 2.24) is 0 Å². The zero-order valence-electron chi connectivity index (χ0n) is 7.94. The molecule has 0 heterocycles.